The van der Waals surface area contributed by atoms with Crippen LogP contribution in [0.5, 0.6) is 0 Å². The first-order chi connectivity index (χ1) is 10.00. The molecule has 0 radical (unpaired) electrons. The summed E-state index contributed by atoms with van der Waals surface area (Å²) in [7, 11) is -3.23. The lowest BCUT2D eigenvalue weighted by Crippen LogP contribution is -2.07. The largest absolute Gasteiger partial charge is 0.356 e. The maximum atomic E-state index is 12.8. The van der Waals surface area contributed by atoms with Crippen LogP contribution < -0.4 is 0 Å². The highest BCUT2D eigenvalue weighted by Gasteiger charge is 2.28. The molecule has 0 amide bonds. The van der Waals surface area contributed by atoms with Gasteiger partial charge >= 0.3 is 0 Å². The molecule has 0 spiro atoms. The first kappa shape index (κ1) is 14.1. The normalized spacial score (nSPS) is 15.7. The molecule has 3 aromatic rings. The molecule has 1 N–H and O–H groups in total. The third-order valence-electron chi connectivity index (χ3n) is 3.28. The molecule has 0 saturated heterocycles. The molecule has 108 valence electrons. The molecule has 2 atom stereocenters. The van der Waals surface area contributed by atoms with E-state index in [9.17, 15) is 4.21 Å². The topological polar surface area (TPSA) is 67.0 Å². The standard InChI is InChI=1S/C15H13ClN2O2S/c1-10-6-8-11(9-7-10)21(17,19)15(16)14-12-4-2-3-5-13(12)20-18-14/h2-9,15,17H,1H3. The van der Waals surface area contributed by atoms with Crippen LogP contribution in [0.4, 0.5) is 0 Å². The van der Waals surface area contributed by atoms with E-state index in [1.807, 2.05) is 31.2 Å². The summed E-state index contributed by atoms with van der Waals surface area (Å²) in [4.78, 5) is 0.389. The van der Waals surface area contributed by atoms with Crippen molar-refractivity contribution >= 4 is 32.3 Å². The van der Waals surface area contributed by atoms with Gasteiger partial charge in [-0.1, -0.05) is 46.6 Å². The zero-order valence-electron chi connectivity index (χ0n) is 11.2. The quantitative estimate of drug-likeness (QED) is 0.723. The average molecular weight is 321 g/mol. The van der Waals surface area contributed by atoms with Crippen LogP contribution in [0.2, 0.25) is 0 Å². The van der Waals surface area contributed by atoms with Crippen molar-refractivity contribution in [3.8, 4) is 0 Å². The first-order valence-electron chi connectivity index (χ1n) is 6.33. The highest BCUT2D eigenvalue weighted by Crippen LogP contribution is 2.36. The van der Waals surface area contributed by atoms with E-state index in [0.717, 1.165) is 5.56 Å². The summed E-state index contributed by atoms with van der Waals surface area (Å²) < 4.78 is 25.1. The molecule has 2 aromatic carbocycles. The molecule has 1 heterocycles. The van der Waals surface area contributed by atoms with Gasteiger partial charge in [0.25, 0.3) is 0 Å². The van der Waals surface area contributed by atoms with Crippen molar-refractivity contribution in [1.82, 2.24) is 5.16 Å². The molecule has 0 fully saturated rings. The minimum atomic E-state index is -3.23. The van der Waals surface area contributed by atoms with Crippen molar-refractivity contribution in [1.29, 1.82) is 4.78 Å². The maximum absolute atomic E-state index is 12.8. The average Bonchev–Trinajstić information content (AvgIpc) is 2.90. The third kappa shape index (κ3) is 2.43. The lowest BCUT2D eigenvalue weighted by molar-refractivity contribution is 0.448. The van der Waals surface area contributed by atoms with Gasteiger partial charge in [0.1, 0.15) is 5.69 Å². The molecule has 0 aliphatic carbocycles. The number of nitrogens with zero attached hydrogens (tertiary/aromatic N) is 1. The molecule has 0 bridgehead atoms. The maximum Gasteiger partial charge on any atom is 0.167 e. The molecule has 2 unspecified atom stereocenters. The van der Waals surface area contributed by atoms with Gasteiger partial charge in [-0.3, -0.25) is 0 Å². The molecular formula is C15H13ClN2O2S. The zero-order chi connectivity index (χ0) is 15.0. The molecule has 1 aromatic heterocycles. The molecule has 21 heavy (non-hydrogen) atoms. The van der Waals surface area contributed by atoms with Gasteiger partial charge in [-0.25, -0.2) is 8.99 Å². The second kappa shape index (κ2) is 5.16. The number of aryl methyl sites for hydroxylation is 1. The Labute approximate surface area is 127 Å². The number of para-hydroxylation sites is 1. The summed E-state index contributed by atoms with van der Waals surface area (Å²) in [6, 6.07) is 14.2. The molecule has 0 aliphatic heterocycles. The summed E-state index contributed by atoms with van der Waals surface area (Å²) in [5.74, 6) is 0. The number of aromatic nitrogens is 1. The molecule has 4 nitrogen and oxygen atoms in total. The Hall–Kier alpha value is -1.85. The van der Waals surface area contributed by atoms with Gasteiger partial charge in [0.15, 0.2) is 10.3 Å². The van der Waals surface area contributed by atoms with E-state index in [1.165, 1.54) is 0 Å². The smallest absolute Gasteiger partial charge is 0.167 e. The number of alkyl halides is 1. The predicted molar refractivity (Wildman–Crippen MR) is 82.9 cm³/mol. The van der Waals surface area contributed by atoms with Crippen molar-refractivity contribution in [2.75, 3.05) is 0 Å². The third-order valence-corrected chi connectivity index (χ3v) is 6.02. The lowest BCUT2D eigenvalue weighted by atomic mass is 10.2. The van der Waals surface area contributed by atoms with Gasteiger partial charge in [0, 0.05) is 10.3 Å². The number of fused-ring (bicyclic) bond motifs is 1. The van der Waals surface area contributed by atoms with E-state index in [-0.39, 0.29) is 0 Å². The molecule has 0 aliphatic rings. The molecule has 6 heteroatoms. The van der Waals surface area contributed by atoms with E-state index in [2.05, 4.69) is 5.16 Å². The summed E-state index contributed by atoms with van der Waals surface area (Å²) in [5, 5.41) is 4.58. The predicted octanol–water partition coefficient (Wildman–Crippen LogP) is 4.48. The Balaban J connectivity index is 2.08. The summed E-state index contributed by atoms with van der Waals surface area (Å²) >= 11 is 6.31. The van der Waals surface area contributed by atoms with E-state index < -0.39 is 14.4 Å². The van der Waals surface area contributed by atoms with Crippen molar-refractivity contribution < 1.29 is 8.73 Å². The van der Waals surface area contributed by atoms with Crippen LogP contribution in [-0.2, 0) is 9.73 Å². The van der Waals surface area contributed by atoms with Crippen LogP contribution in [0.1, 0.15) is 16.0 Å². The minimum absolute atomic E-state index is 0.341. The van der Waals surface area contributed by atoms with Crippen LogP contribution >= 0.6 is 11.6 Å². The Morgan fingerprint density at radius 2 is 1.86 bits per heavy atom. The first-order valence-corrected chi connectivity index (χ1v) is 8.38. The van der Waals surface area contributed by atoms with Crippen molar-refractivity contribution in [2.24, 2.45) is 0 Å². The molecular weight excluding hydrogens is 308 g/mol. The number of hydrogen-bond donors (Lipinski definition) is 1. The van der Waals surface area contributed by atoms with E-state index in [4.69, 9.17) is 20.9 Å². The van der Waals surface area contributed by atoms with Gasteiger partial charge < -0.3 is 4.52 Å². The fraction of sp³-hybridized carbons (Fsp3) is 0.133. The Morgan fingerprint density at radius 3 is 2.57 bits per heavy atom. The lowest BCUT2D eigenvalue weighted by Gasteiger charge is -2.12. The Kier molecular flexibility index (Phi) is 3.47. The van der Waals surface area contributed by atoms with E-state index in [1.54, 1.807) is 24.3 Å². The number of halogens is 1. The second-order valence-corrected chi connectivity index (χ2v) is 7.63. The number of nitrogens with one attached hydrogen (secondary N) is 1. The van der Waals surface area contributed by atoms with Gasteiger partial charge in [0.05, 0.1) is 9.73 Å². The highest BCUT2D eigenvalue weighted by atomic mass is 35.5. The summed E-state index contributed by atoms with van der Waals surface area (Å²) in [6.45, 7) is 1.93. The Bertz CT molecular complexity index is 885. The van der Waals surface area contributed by atoms with Crippen molar-refractivity contribution in [3.63, 3.8) is 0 Å². The summed E-state index contributed by atoms with van der Waals surface area (Å²) in [6.07, 6.45) is 0. The van der Waals surface area contributed by atoms with Gasteiger partial charge in [-0.15, -0.1) is 0 Å². The summed E-state index contributed by atoms with van der Waals surface area (Å²) in [5.41, 5.74) is 1.94. The van der Waals surface area contributed by atoms with E-state index in [0.29, 0.717) is 21.6 Å². The monoisotopic (exact) mass is 320 g/mol. The van der Waals surface area contributed by atoms with Crippen LogP contribution in [0.15, 0.2) is 57.9 Å². The number of benzene rings is 2. The van der Waals surface area contributed by atoms with Gasteiger partial charge in [0.2, 0.25) is 0 Å². The van der Waals surface area contributed by atoms with Crippen molar-refractivity contribution in [2.45, 2.75) is 16.5 Å². The Morgan fingerprint density at radius 1 is 1.19 bits per heavy atom. The number of hydrogen-bond acceptors (Lipinski definition) is 4. The number of rotatable bonds is 3. The van der Waals surface area contributed by atoms with Crippen molar-refractivity contribution in [3.05, 3.63) is 59.8 Å². The SMILES string of the molecule is Cc1ccc(S(=N)(=O)C(Cl)c2noc3ccccc23)cc1. The van der Waals surface area contributed by atoms with Crippen LogP contribution in [-0.4, -0.2) is 9.37 Å². The van der Waals surface area contributed by atoms with Gasteiger partial charge in [-0.2, -0.15) is 0 Å². The van der Waals surface area contributed by atoms with E-state index >= 15 is 0 Å². The van der Waals surface area contributed by atoms with Crippen LogP contribution in [0.3, 0.4) is 0 Å². The van der Waals surface area contributed by atoms with Crippen LogP contribution in [0.25, 0.3) is 11.0 Å². The second-order valence-electron chi connectivity index (χ2n) is 4.79. The fourth-order valence-corrected chi connectivity index (χ4v) is 3.82. The zero-order valence-corrected chi connectivity index (χ0v) is 12.8. The fourth-order valence-electron chi connectivity index (χ4n) is 2.09. The molecule has 3 rings (SSSR count). The molecule has 0 saturated carbocycles. The van der Waals surface area contributed by atoms with Crippen LogP contribution in [0, 0.1) is 11.7 Å². The van der Waals surface area contributed by atoms with Gasteiger partial charge in [-0.05, 0) is 31.2 Å². The minimum Gasteiger partial charge on any atom is -0.356 e. The highest BCUT2D eigenvalue weighted by molar-refractivity contribution is 7.93.